The van der Waals surface area contributed by atoms with Crippen LogP contribution in [0.2, 0.25) is 0 Å². The van der Waals surface area contributed by atoms with Gasteiger partial charge in [-0.25, -0.2) is 9.97 Å². The molecular weight excluding hydrogens is 1100 g/mol. The fourth-order valence-corrected chi connectivity index (χ4v) is 5.68. The Morgan fingerprint density at radius 2 is 1.25 bits per heavy atom. The second kappa shape index (κ2) is 26.9. The molecule has 0 radical (unpaired) electrons. The molecule has 17 heteroatoms. The van der Waals surface area contributed by atoms with Gasteiger partial charge in [-0.3, -0.25) is 14.4 Å². The fourth-order valence-electron chi connectivity index (χ4n) is 4.83. The maximum atomic E-state index is 12.6. The van der Waals surface area contributed by atoms with Gasteiger partial charge in [-0.2, -0.15) is 0 Å². The van der Waals surface area contributed by atoms with Gasteiger partial charge in [-0.15, -0.1) is 0 Å². The molecule has 51 heavy (non-hydrogen) atoms. The summed E-state index contributed by atoms with van der Waals surface area (Å²) in [5, 5.41) is 8.43. The van der Waals surface area contributed by atoms with Crippen LogP contribution in [-0.2, 0) is 25.7 Å². The third-order valence-corrected chi connectivity index (χ3v) is 8.72. The topological polar surface area (TPSA) is 160 Å². The average molecular weight is 1130 g/mol. The summed E-state index contributed by atoms with van der Waals surface area (Å²) in [5.74, 6) is 1.40. The molecule has 12 nitrogen and oxygen atoms in total. The largest absolute Gasteiger partial charge is 1.00 e. The number of hydrogen-bond donors (Lipinski definition) is 1. The number of carbonyl (C=O) groups excluding carboxylic acids is 3. The van der Waals surface area contributed by atoms with Crippen molar-refractivity contribution in [2.45, 2.75) is 25.3 Å². The maximum absolute atomic E-state index is 12.6. The van der Waals surface area contributed by atoms with Crippen molar-refractivity contribution in [2.75, 3.05) is 37.1 Å². The Labute approximate surface area is 442 Å². The van der Waals surface area contributed by atoms with Crippen LogP contribution >= 0.6 is 47.8 Å². The molecule has 2 aromatic heterocycles. The number of halogens is 3. The van der Waals surface area contributed by atoms with Crippen LogP contribution in [0.15, 0.2) is 98.5 Å². The Hall–Kier alpha value is 0.214. The molecule has 4 aromatic rings. The average Bonchev–Trinajstić information content (AvgIpc) is 3.65. The first kappa shape index (κ1) is 49.2. The van der Waals surface area contributed by atoms with Gasteiger partial charge in [0.1, 0.15) is 4.60 Å². The number of methoxy groups -OCH3 is 2. The number of nitrogens with two attached hydrogens (primary N) is 1. The monoisotopic (exact) mass is 1130 g/mol. The van der Waals surface area contributed by atoms with E-state index in [1.807, 2.05) is 83.8 Å². The number of anilines is 2. The number of aromatic nitrogens is 2. The van der Waals surface area contributed by atoms with Crippen LogP contribution in [-0.4, -0.2) is 61.6 Å². The van der Waals surface area contributed by atoms with E-state index >= 15 is 0 Å². The summed E-state index contributed by atoms with van der Waals surface area (Å²) in [6.45, 7) is 1.30. The van der Waals surface area contributed by atoms with Gasteiger partial charge in [-0.05, 0) is 89.4 Å². The SMILES string of the molecule is COc1cccc(Br)n1.COc1cccc(CC2CCN(c3ccc(Br)cc3)C2=O)n1.NC1CCN(c2ccc(Br)cc2)C1=O.O=CO[O-].[Cs+].[Cs+].[H-]. The molecule has 0 aliphatic carbocycles. The summed E-state index contributed by atoms with van der Waals surface area (Å²) in [6.07, 6.45) is 2.26. The van der Waals surface area contributed by atoms with E-state index in [2.05, 4.69) is 62.6 Å². The number of hydrogen-bond acceptors (Lipinski definition) is 10. The Bertz CT molecular complexity index is 1670. The Balaban J connectivity index is 0.000000748. The van der Waals surface area contributed by atoms with Gasteiger partial charge in [0.15, 0.2) is 0 Å². The van der Waals surface area contributed by atoms with E-state index in [4.69, 9.17) is 25.3 Å². The first-order chi connectivity index (χ1) is 23.6. The molecule has 2 fully saturated rings. The van der Waals surface area contributed by atoms with Crippen LogP contribution in [0.1, 0.15) is 20.0 Å². The van der Waals surface area contributed by atoms with Crippen molar-refractivity contribution >= 4 is 77.5 Å². The molecule has 2 unspecified atom stereocenters. The summed E-state index contributed by atoms with van der Waals surface area (Å²) in [5.41, 5.74) is 8.41. The van der Waals surface area contributed by atoms with E-state index in [1.54, 1.807) is 25.2 Å². The van der Waals surface area contributed by atoms with E-state index in [0.29, 0.717) is 18.2 Å². The van der Waals surface area contributed by atoms with E-state index in [-0.39, 0.29) is 169 Å². The van der Waals surface area contributed by atoms with Crippen LogP contribution in [0.25, 0.3) is 0 Å². The quantitative estimate of drug-likeness (QED) is 0.109. The number of ether oxygens (including phenoxy) is 2. The minimum Gasteiger partial charge on any atom is -1.00 e. The van der Waals surface area contributed by atoms with Crippen molar-refractivity contribution in [1.82, 2.24) is 9.97 Å². The molecule has 2 aliphatic heterocycles. The van der Waals surface area contributed by atoms with Crippen molar-refractivity contribution in [3.05, 3.63) is 104 Å². The summed E-state index contributed by atoms with van der Waals surface area (Å²) < 4.78 is 12.8. The Morgan fingerprint density at radius 3 is 1.69 bits per heavy atom. The Kier molecular flexibility index (Phi) is 26.0. The molecule has 2 saturated heterocycles. The third-order valence-electron chi connectivity index (χ3n) is 7.22. The van der Waals surface area contributed by atoms with Gasteiger partial charge < -0.3 is 36.6 Å². The maximum Gasteiger partial charge on any atom is 1.00 e. The summed E-state index contributed by atoms with van der Waals surface area (Å²) in [7, 11) is 3.19. The number of benzene rings is 2. The van der Waals surface area contributed by atoms with Crippen LogP contribution in [0.5, 0.6) is 11.8 Å². The molecule has 6 rings (SSSR count). The normalized spacial score (nSPS) is 15.7. The summed E-state index contributed by atoms with van der Waals surface area (Å²) >= 11 is 9.98. The standard InChI is InChI=1S/C17H17BrN2O2.C10H11BrN2O.C6H6BrNO.CH2O3.2Cs.H/c1-22-16-4-2-3-14(19-16)11-12-9-10-20(17(12)21)15-7-5-13(18)6-8-15;11-7-1-3-8(4-2-7)13-6-5-9(12)10(13)14;1-9-6-4-2-3-5(7)8-6;2-1-4-3;;;/h2-8,12H,9-11H2,1H3;1-4,9H,5-6,12H2;2-4H,1H3;1,3H;;;/q;;;;2*+1;-1/p-1. The fraction of sp³-hybridized carbons (Fsp3) is 0.265. The Morgan fingerprint density at radius 1 is 0.784 bits per heavy atom. The predicted octanol–water partition coefficient (Wildman–Crippen LogP) is -0.631. The van der Waals surface area contributed by atoms with E-state index in [0.717, 1.165) is 56.5 Å². The van der Waals surface area contributed by atoms with E-state index in [1.165, 1.54) is 0 Å². The van der Waals surface area contributed by atoms with Gasteiger partial charge >= 0.3 is 138 Å². The van der Waals surface area contributed by atoms with Crippen LogP contribution < -0.4 is 168 Å². The van der Waals surface area contributed by atoms with Crippen LogP contribution in [0.4, 0.5) is 11.4 Å². The van der Waals surface area contributed by atoms with Gasteiger partial charge in [0.25, 0.3) is 6.47 Å². The van der Waals surface area contributed by atoms with Crippen molar-refractivity contribution in [3.8, 4) is 11.8 Å². The van der Waals surface area contributed by atoms with E-state index < -0.39 is 0 Å². The molecule has 0 saturated carbocycles. The second-order valence-electron chi connectivity index (χ2n) is 10.4. The number of rotatable bonds is 7. The molecule has 262 valence electrons. The van der Waals surface area contributed by atoms with Crippen LogP contribution in [0, 0.1) is 5.92 Å². The number of amides is 2. The molecule has 0 bridgehead atoms. The minimum absolute atomic E-state index is 0. The zero-order valence-corrected chi connectivity index (χ0v) is 46.0. The molecule has 2 amide bonds. The molecular formula is C34H36Br3Cs2N5O7. The molecule has 4 heterocycles. The number of nitrogens with zero attached hydrogens (tertiary/aromatic N) is 4. The van der Waals surface area contributed by atoms with Crippen molar-refractivity contribution in [1.29, 1.82) is 0 Å². The smallest absolute Gasteiger partial charge is 1.00 e. The first-order valence-corrected chi connectivity index (χ1v) is 17.3. The summed E-state index contributed by atoms with van der Waals surface area (Å²) in [4.78, 5) is 47.4. The zero-order chi connectivity index (χ0) is 35.8. The van der Waals surface area contributed by atoms with Crippen LogP contribution in [0.3, 0.4) is 0 Å². The van der Waals surface area contributed by atoms with Gasteiger partial charge in [-0.1, -0.05) is 44.0 Å². The molecule has 0 spiro atoms. The molecule has 2 aromatic carbocycles. The molecule has 2 aliphatic rings. The number of pyridine rings is 2. The molecule has 2 atom stereocenters. The summed E-state index contributed by atoms with van der Waals surface area (Å²) in [6, 6.07) is 26.4. The van der Waals surface area contributed by atoms with E-state index in [9.17, 15) is 9.59 Å². The second-order valence-corrected chi connectivity index (χ2v) is 13.0. The third kappa shape index (κ3) is 16.9. The van der Waals surface area contributed by atoms with Gasteiger partial charge in [0.2, 0.25) is 23.6 Å². The van der Waals surface area contributed by atoms with Crippen molar-refractivity contribution in [2.24, 2.45) is 11.7 Å². The zero-order valence-electron chi connectivity index (χ0n) is 29.7. The molecule has 2 N–H and O–H groups in total. The number of carbonyl (C=O) groups is 3. The minimum atomic E-state index is -0.321. The van der Waals surface area contributed by atoms with Gasteiger partial charge in [0.05, 0.1) is 20.3 Å². The first-order valence-electron chi connectivity index (χ1n) is 14.9. The predicted molar refractivity (Wildman–Crippen MR) is 195 cm³/mol. The van der Waals surface area contributed by atoms with Crippen molar-refractivity contribution < 1.29 is 173 Å². The van der Waals surface area contributed by atoms with Gasteiger partial charge in [0, 0.05) is 63.6 Å². The van der Waals surface area contributed by atoms with Crippen molar-refractivity contribution in [3.63, 3.8) is 0 Å².